The monoisotopic (exact) mass is 392 g/mol. The zero-order valence-electron chi connectivity index (χ0n) is 15.7. The fraction of sp³-hybridized carbons (Fsp3) is 0.250. The van der Waals surface area contributed by atoms with Crippen LogP contribution in [0.4, 0.5) is 11.5 Å². The molecule has 1 fully saturated rings. The molecule has 4 rings (SSSR count). The average molecular weight is 392 g/mol. The van der Waals surface area contributed by atoms with Crippen LogP contribution in [0, 0.1) is 10.1 Å². The van der Waals surface area contributed by atoms with Crippen LogP contribution in [0.3, 0.4) is 0 Å². The second kappa shape index (κ2) is 8.09. The fourth-order valence-electron chi connectivity index (χ4n) is 3.40. The first-order valence-electron chi connectivity index (χ1n) is 9.36. The number of benzene rings is 1. The van der Waals surface area contributed by atoms with E-state index in [0.717, 1.165) is 37.3 Å². The van der Waals surface area contributed by atoms with Gasteiger partial charge in [0.15, 0.2) is 0 Å². The van der Waals surface area contributed by atoms with E-state index in [1.165, 1.54) is 23.2 Å². The summed E-state index contributed by atoms with van der Waals surface area (Å²) >= 11 is 0. The number of aromatic nitrogens is 3. The Bertz CT molecular complexity index is 1030. The predicted octanol–water partition coefficient (Wildman–Crippen LogP) is 2.71. The number of amides is 1. The van der Waals surface area contributed by atoms with E-state index in [1.807, 2.05) is 12.1 Å². The Kier molecular flexibility index (Phi) is 5.19. The summed E-state index contributed by atoms with van der Waals surface area (Å²) in [5.74, 6) is 0.541. The summed E-state index contributed by atoms with van der Waals surface area (Å²) < 4.78 is 1.54. The Morgan fingerprint density at radius 2 is 2.00 bits per heavy atom. The van der Waals surface area contributed by atoms with Crippen molar-refractivity contribution in [2.24, 2.45) is 0 Å². The Hall–Kier alpha value is -3.75. The van der Waals surface area contributed by atoms with Gasteiger partial charge in [0.05, 0.1) is 11.3 Å². The van der Waals surface area contributed by atoms with Crippen molar-refractivity contribution in [3.05, 3.63) is 76.5 Å². The van der Waals surface area contributed by atoms with Crippen LogP contribution in [0.2, 0.25) is 0 Å². The predicted molar refractivity (Wildman–Crippen MR) is 107 cm³/mol. The maximum absolute atomic E-state index is 12.6. The van der Waals surface area contributed by atoms with E-state index in [4.69, 9.17) is 0 Å². The number of anilines is 1. The van der Waals surface area contributed by atoms with Gasteiger partial charge >= 0.3 is 0 Å². The largest absolute Gasteiger partial charge is 0.357 e. The summed E-state index contributed by atoms with van der Waals surface area (Å²) in [6.07, 6.45) is 8.69. The number of nitrogens with zero attached hydrogens (tertiary/aromatic N) is 5. The molecular weight excluding hydrogens is 372 g/mol. The minimum absolute atomic E-state index is 0.157. The smallest absolute Gasteiger partial charge is 0.294 e. The molecule has 1 aliphatic heterocycles. The summed E-state index contributed by atoms with van der Waals surface area (Å²) in [4.78, 5) is 34.0. The average Bonchev–Trinajstić information content (AvgIpc) is 3.46. The number of nitrogens with one attached hydrogen (secondary N) is 1. The van der Waals surface area contributed by atoms with Crippen molar-refractivity contribution in [2.45, 2.75) is 19.4 Å². The molecule has 1 aromatic carbocycles. The highest BCUT2D eigenvalue weighted by molar-refractivity contribution is 5.95. The van der Waals surface area contributed by atoms with E-state index in [-0.39, 0.29) is 17.2 Å². The highest BCUT2D eigenvalue weighted by atomic mass is 16.6. The van der Waals surface area contributed by atoms with Crippen molar-refractivity contribution in [2.75, 3.05) is 18.0 Å². The number of pyridine rings is 1. The zero-order valence-corrected chi connectivity index (χ0v) is 15.7. The molecule has 0 radical (unpaired) electrons. The quantitative estimate of drug-likeness (QED) is 0.511. The van der Waals surface area contributed by atoms with Gasteiger partial charge in [-0.15, -0.1) is 0 Å². The SMILES string of the molecule is O=C(NCc1ccnc(N2CCCC2)c1)c1ccc(-n2ccnc2)c([N+](=O)[O-])c1. The van der Waals surface area contributed by atoms with Crippen molar-refractivity contribution >= 4 is 17.4 Å². The number of hydrogen-bond donors (Lipinski definition) is 1. The molecule has 1 saturated heterocycles. The van der Waals surface area contributed by atoms with Gasteiger partial charge in [-0.25, -0.2) is 9.97 Å². The molecule has 0 spiro atoms. The van der Waals surface area contributed by atoms with E-state index in [0.29, 0.717) is 12.2 Å². The van der Waals surface area contributed by atoms with Gasteiger partial charge in [0.1, 0.15) is 11.5 Å². The highest BCUT2D eigenvalue weighted by Gasteiger charge is 2.19. The van der Waals surface area contributed by atoms with Gasteiger partial charge in [-0.2, -0.15) is 0 Å². The first kappa shape index (κ1) is 18.6. The molecule has 1 N–H and O–H groups in total. The Morgan fingerprint density at radius 3 is 2.72 bits per heavy atom. The van der Waals surface area contributed by atoms with Gasteiger partial charge in [0.25, 0.3) is 11.6 Å². The molecule has 1 amide bonds. The van der Waals surface area contributed by atoms with Crippen molar-refractivity contribution in [1.29, 1.82) is 0 Å². The molecule has 1 aliphatic rings. The topological polar surface area (TPSA) is 106 Å². The van der Waals surface area contributed by atoms with Crippen LogP contribution < -0.4 is 10.2 Å². The summed E-state index contributed by atoms with van der Waals surface area (Å²) in [5.41, 5.74) is 1.36. The summed E-state index contributed by atoms with van der Waals surface area (Å²) in [6.45, 7) is 2.31. The second-order valence-corrected chi connectivity index (χ2v) is 6.83. The van der Waals surface area contributed by atoms with Crippen LogP contribution in [-0.4, -0.2) is 38.5 Å². The number of rotatable bonds is 6. The van der Waals surface area contributed by atoms with Gasteiger partial charge < -0.3 is 14.8 Å². The van der Waals surface area contributed by atoms with E-state index >= 15 is 0 Å². The van der Waals surface area contributed by atoms with Gasteiger partial charge in [0.2, 0.25) is 0 Å². The fourth-order valence-corrected chi connectivity index (χ4v) is 3.40. The van der Waals surface area contributed by atoms with Gasteiger partial charge in [-0.3, -0.25) is 14.9 Å². The van der Waals surface area contributed by atoms with E-state index in [1.54, 1.807) is 24.5 Å². The summed E-state index contributed by atoms with van der Waals surface area (Å²) in [7, 11) is 0. The van der Waals surface area contributed by atoms with E-state index < -0.39 is 4.92 Å². The summed E-state index contributed by atoms with van der Waals surface area (Å²) in [6, 6.07) is 8.22. The first-order chi connectivity index (χ1) is 14.1. The molecule has 9 heteroatoms. The third-order valence-corrected chi connectivity index (χ3v) is 4.91. The Labute approximate surface area is 167 Å². The normalized spacial score (nSPS) is 13.4. The standard InChI is InChI=1S/C20H20N6O3/c27-20(23-13-15-5-6-22-19(11-15)24-8-1-2-9-24)16-3-4-17(18(12-16)26(28)29)25-10-7-21-14-25/h3-7,10-12,14H,1-2,8-9,13H2,(H,23,27). The number of nitro benzene ring substituents is 1. The van der Waals surface area contributed by atoms with Gasteiger partial charge in [-0.1, -0.05) is 0 Å². The lowest BCUT2D eigenvalue weighted by atomic mass is 10.1. The van der Waals surface area contributed by atoms with Gasteiger partial charge in [-0.05, 0) is 42.7 Å². The molecule has 0 atom stereocenters. The van der Waals surface area contributed by atoms with Crippen LogP contribution in [0.25, 0.3) is 5.69 Å². The minimum Gasteiger partial charge on any atom is -0.357 e. The maximum Gasteiger partial charge on any atom is 0.294 e. The summed E-state index contributed by atoms with van der Waals surface area (Å²) in [5, 5.41) is 14.3. The number of hydrogen-bond acceptors (Lipinski definition) is 6. The van der Waals surface area contributed by atoms with Crippen molar-refractivity contribution in [3.63, 3.8) is 0 Å². The molecule has 3 aromatic rings. The molecule has 0 saturated carbocycles. The lowest BCUT2D eigenvalue weighted by Gasteiger charge is -2.17. The van der Waals surface area contributed by atoms with Crippen LogP contribution in [0.5, 0.6) is 0 Å². The minimum atomic E-state index is -0.503. The molecule has 2 aromatic heterocycles. The van der Waals surface area contributed by atoms with Crippen molar-refractivity contribution in [3.8, 4) is 5.69 Å². The van der Waals surface area contributed by atoms with Crippen molar-refractivity contribution < 1.29 is 9.72 Å². The Morgan fingerprint density at radius 1 is 1.17 bits per heavy atom. The number of nitro groups is 1. The molecule has 9 nitrogen and oxygen atoms in total. The van der Waals surface area contributed by atoms with Crippen LogP contribution in [0.15, 0.2) is 55.2 Å². The van der Waals surface area contributed by atoms with Crippen molar-refractivity contribution in [1.82, 2.24) is 19.9 Å². The van der Waals surface area contributed by atoms with E-state index in [9.17, 15) is 14.9 Å². The third-order valence-electron chi connectivity index (χ3n) is 4.91. The molecule has 148 valence electrons. The number of carbonyl (C=O) groups is 1. The second-order valence-electron chi connectivity index (χ2n) is 6.83. The molecule has 29 heavy (non-hydrogen) atoms. The van der Waals surface area contributed by atoms with Crippen LogP contribution in [0.1, 0.15) is 28.8 Å². The lowest BCUT2D eigenvalue weighted by Crippen LogP contribution is -2.24. The lowest BCUT2D eigenvalue weighted by molar-refractivity contribution is -0.384. The maximum atomic E-state index is 12.6. The van der Waals surface area contributed by atoms with E-state index in [2.05, 4.69) is 20.2 Å². The molecule has 0 bridgehead atoms. The first-order valence-corrected chi connectivity index (χ1v) is 9.36. The molecular formula is C20H20N6O3. The Balaban J connectivity index is 1.48. The molecule has 0 aliphatic carbocycles. The van der Waals surface area contributed by atoms with Gasteiger partial charge in [0, 0.05) is 49.9 Å². The van der Waals surface area contributed by atoms with Crippen LogP contribution >= 0.6 is 0 Å². The molecule has 0 unspecified atom stereocenters. The highest BCUT2D eigenvalue weighted by Crippen LogP contribution is 2.24. The molecule has 3 heterocycles. The number of imidazole rings is 1. The van der Waals surface area contributed by atoms with Crippen LogP contribution in [-0.2, 0) is 6.54 Å². The third kappa shape index (κ3) is 4.08. The number of carbonyl (C=O) groups excluding carboxylic acids is 1. The zero-order chi connectivity index (χ0) is 20.2.